The first-order valence-electron chi connectivity index (χ1n) is 5.96. The van der Waals surface area contributed by atoms with Gasteiger partial charge in [-0.05, 0) is 47.2 Å². The summed E-state index contributed by atoms with van der Waals surface area (Å²) in [5, 5.41) is 0. The van der Waals surface area contributed by atoms with E-state index in [4.69, 9.17) is 4.74 Å². The molecule has 1 aliphatic carbocycles. The van der Waals surface area contributed by atoms with Gasteiger partial charge in [0.05, 0.1) is 5.56 Å². The van der Waals surface area contributed by atoms with Gasteiger partial charge in [-0.25, -0.2) is 4.79 Å². The van der Waals surface area contributed by atoms with Crippen LogP contribution in [0.1, 0.15) is 43.0 Å². The summed E-state index contributed by atoms with van der Waals surface area (Å²) in [5.41, 5.74) is 0.512. The van der Waals surface area contributed by atoms with Gasteiger partial charge in [0, 0.05) is 16.9 Å². The highest BCUT2D eigenvalue weighted by Crippen LogP contribution is 2.26. The SMILES string of the molecule is CC1CCCC(OC(=O)c2cncc(Br)c2)C1. The maximum atomic E-state index is 11.9. The van der Waals surface area contributed by atoms with Crippen molar-refractivity contribution in [2.45, 2.75) is 38.7 Å². The molecule has 3 nitrogen and oxygen atoms in total. The minimum Gasteiger partial charge on any atom is -0.459 e. The van der Waals surface area contributed by atoms with Crippen LogP contribution in [-0.4, -0.2) is 17.1 Å². The van der Waals surface area contributed by atoms with E-state index in [0.29, 0.717) is 11.5 Å². The number of carbonyl (C=O) groups is 1. The third-order valence-corrected chi connectivity index (χ3v) is 3.54. The zero-order valence-electron chi connectivity index (χ0n) is 9.86. The molecular weight excluding hydrogens is 282 g/mol. The Kier molecular flexibility index (Phi) is 4.15. The van der Waals surface area contributed by atoms with Crippen molar-refractivity contribution in [2.24, 2.45) is 5.92 Å². The van der Waals surface area contributed by atoms with Gasteiger partial charge in [-0.3, -0.25) is 4.98 Å². The van der Waals surface area contributed by atoms with E-state index in [2.05, 4.69) is 27.8 Å². The molecule has 1 aromatic rings. The fraction of sp³-hybridized carbons (Fsp3) is 0.538. The minimum absolute atomic E-state index is 0.0743. The summed E-state index contributed by atoms with van der Waals surface area (Å²) in [6, 6.07) is 1.74. The molecule has 0 spiro atoms. The second-order valence-electron chi connectivity index (χ2n) is 4.69. The van der Waals surface area contributed by atoms with Crippen molar-refractivity contribution in [1.29, 1.82) is 0 Å². The van der Waals surface area contributed by atoms with E-state index in [1.807, 2.05) is 0 Å². The summed E-state index contributed by atoms with van der Waals surface area (Å²) in [7, 11) is 0. The molecule has 0 saturated heterocycles. The second kappa shape index (κ2) is 5.63. The summed E-state index contributed by atoms with van der Waals surface area (Å²) in [4.78, 5) is 15.9. The van der Waals surface area contributed by atoms with Gasteiger partial charge in [0.2, 0.25) is 0 Å². The van der Waals surface area contributed by atoms with Gasteiger partial charge in [-0.2, -0.15) is 0 Å². The van der Waals surface area contributed by atoms with Gasteiger partial charge in [0.25, 0.3) is 0 Å². The van der Waals surface area contributed by atoms with E-state index in [1.165, 1.54) is 6.42 Å². The molecule has 2 unspecified atom stereocenters. The number of halogens is 1. The molecule has 1 fully saturated rings. The highest BCUT2D eigenvalue weighted by Gasteiger charge is 2.22. The maximum absolute atomic E-state index is 11.9. The zero-order chi connectivity index (χ0) is 12.3. The Balaban J connectivity index is 1.97. The average Bonchev–Trinajstić information content (AvgIpc) is 2.29. The van der Waals surface area contributed by atoms with Crippen LogP contribution >= 0.6 is 15.9 Å². The van der Waals surface area contributed by atoms with Crippen LogP contribution in [0.4, 0.5) is 0 Å². The first kappa shape index (κ1) is 12.6. The number of pyridine rings is 1. The van der Waals surface area contributed by atoms with E-state index in [0.717, 1.165) is 23.7 Å². The van der Waals surface area contributed by atoms with Crippen molar-refractivity contribution in [3.05, 3.63) is 28.5 Å². The molecule has 2 rings (SSSR count). The molecule has 2 atom stereocenters. The molecule has 0 radical (unpaired) electrons. The molecule has 1 heterocycles. The Morgan fingerprint density at radius 1 is 1.47 bits per heavy atom. The molecule has 1 aliphatic rings. The Morgan fingerprint density at radius 3 is 3.00 bits per heavy atom. The normalized spacial score (nSPS) is 24.4. The van der Waals surface area contributed by atoms with E-state index in [1.54, 1.807) is 18.5 Å². The quantitative estimate of drug-likeness (QED) is 0.783. The van der Waals surface area contributed by atoms with Crippen LogP contribution in [-0.2, 0) is 4.74 Å². The van der Waals surface area contributed by atoms with Gasteiger partial charge in [-0.1, -0.05) is 13.3 Å². The monoisotopic (exact) mass is 297 g/mol. The number of ether oxygens (including phenoxy) is 1. The van der Waals surface area contributed by atoms with Crippen LogP contribution in [0.15, 0.2) is 22.9 Å². The predicted octanol–water partition coefficient (Wildman–Crippen LogP) is 3.58. The molecule has 0 aromatic carbocycles. The first-order chi connectivity index (χ1) is 8.15. The minimum atomic E-state index is -0.266. The van der Waals surface area contributed by atoms with Gasteiger partial charge in [-0.15, -0.1) is 0 Å². The molecule has 1 saturated carbocycles. The molecule has 1 aromatic heterocycles. The molecule has 0 bridgehead atoms. The van der Waals surface area contributed by atoms with Crippen LogP contribution in [0.3, 0.4) is 0 Å². The fourth-order valence-corrected chi connectivity index (χ4v) is 2.59. The number of carbonyl (C=O) groups excluding carboxylic acids is 1. The van der Waals surface area contributed by atoms with Crippen molar-refractivity contribution in [2.75, 3.05) is 0 Å². The Labute approximate surface area is 110 Å². The van der Waals surface area contributed by atoms with E-state index in [-0.39, 0.29) is 12.1 Å². The molecule has 17 heavy (non-hydrogen) atoms. The van der Waals surface area contributed by atoms with Crippen LogP contribution in [0.2, 0.25) is 0 Å². The van der Waals surface area contributed by atoms with Crippen LogP contribution < -0.4 is 0 Å². The van der Waals surface area contributed by atoms with Crippen molar-refractivity contribution < 1.29 is 9.53 Å². The molecule has 4 heteroatoms. The third kappa shape index (κ3) is 3.53. The number of hydrogen-bond donors (Lipinski definition) is 0. The molecule has 0 aliphatic heterocycles. The van der Waals surface area contributed by atoms with Gasteiger partial charge in [0.1, 0.15) is 6.10 Å². The van der Waals surface area contributed by atoms with E-state index >= 15 is 0 Å². The zero-order valence-corrected chi connectivity index (χ0v) is 11.4. The van der Waals surface area contributed by atoms with Crippen molar-refractivity contribution in [1.82, 2.24) is 4.98 Å². The van der Waals surface area contributed by atoms with Crippen molar-refractivity contribution in [3.63, 3.8) is 0 Å². The summed E-state index contributed by atoms with van der Waals surface area (Å²) in [6.07, 6.45) is 7.62. The smallest absolute Gasteiger partial charge is 0.340 e. The number of hydrogen-bond acceptors (Lipinski definition) is 3. The lowest BCUT2D eigenvalue weighted by molar-refractivity contribution is 0.0154. The summed E-state index contributed by atoms with van der Waals surface area (Å²) < 4.78 is 6.30. The number of nitrogens with zero attached hydrogens (tertiary/aromatic N) is 1. The Morgan fingerprint density at radius 2 is 2.29 bits per heavy atom. The lowest BCUT2D eigenvalue weighted by atomic mass is 9.89. The van der Waals surface area contributed by atoms with Gasteiger partial charge >= 0.3 is 5.97 Å². The molecular formula is C13H16BrNO2. The van der Waals surface area contributed by atoms with Crippen LogP contribution in [0.25, 0.3) is 0 Å². The molecule has 0 amide bonds. The molecule has 0 N–H and O–H groups in total. The summed E-state index contributed by atoms with van der Waals surface area (Å²) in [6.45, 7) is 2.21. The summed E-state index contributed by atoms with van der Waals surface area (Å²) in [5.74, 6) is 0.389. The fourth-order valence-electron chi connectivity index (χ4n) is 2.23. The predicted molar refractivity (Wildman–Crippen MR) is 68.8 cm³/mol. The highest BCUT2D eigenvalue weighted by atomic mass is 79.9. The Hall–Kier alpha value is -0.900. The van der Waals surface area contributed by atoms with Crippen molar-refractivity contribution in [3.8, 4) is 0 Å². The largest absolute Gasteiger partial charge is 0.459 e. The lowest BCUT2D eigenvalue weighted by Crippen LogP contribution is -2.24. The number of rotatable bonds is 2. The standard InChI is InChI=1S/C13H16BrNO2/c1-9-3-2-4-12(5-9)17-13(16)10-6-11(14)8-15-7-10/h6-9,12H,2-5H2,1H3. The van der Waals surface area contributed by atoms with Gasteiger partial charge in [0.15, 0.2) is 0 Å². The number of esters is 1. The molecule has 92 valence electrons. The van der Waals surface area contributed by atoms with E-state index < -0.39 is 0 Å². The highest BCUT2D eigenvalue weighted by molar-refractivity contribution is 9.10. The topological polar surface area (TPSA) is 39.2 Å². The first-order valence-corrected chi connectivity index (χ1v) is 6.76. The Bertz CT molecular complexity index is 408. The van der Waals surface area contributed by atoms with Gasteiger partial charge < -0.3 is 4.74 Å². The van der Waals surface area contributed by atoms with Crippen LogP contribution in [0.5, 0.6) is 0 Å². The van der Waals surface area contributed by atoms with Crippen molar-refractivity contribution >= 4 is 21.9 Å². The third-order valence-electron chi connectivity index (χ3n) is 3.10. The lowest BCUT2D eigenvalue weighted by Gasteiger charge is -2.26. The second-order valence-corrected chi connectivity index (χ2v) is 5.61. The van der Waals surface area contributed by atoms with Crippen LogP contribution in [0, 0.1) is 5.92 Å². The number of aromatic nitrogens is 1. The van der Waals surface area contributed by atoms with E-state index in [9.17, 15) is 4.79 Å². The summed E-state index contributed by atoms with van der Waals surface area (Å²) >= 11 is 3.29. The maximum Gasteiger partial charge on any atom is 0.340 e. The average molecular weight is 298 g/mol.